The zero-order valence-electron chi connectivity index (χ0n) is 12.6. The third-order valence-corrected chi connectivity index (χ3v) is 3.79. The Hall–Kier alpha value is -2.21. The Morgan fingerprint density at radius 1 is 1.32 bits per heavy atom. The smallest absolute Gasteiger partial charge is 0.251 e. The molecule has 0 radical (unpaired) electrons. The van der Waals surface area contributed by atoms with E-state index in [0.717, 1.165) is 12.8 Å². The molecule has 1 aliphatic rings. The maximum atomic E-state index is 12.2. The molecule has 1 amide bonds. The molecule has 22 heavy (non-hydrogen) atoms. The first-order valence-corrected chi connectivity index (χ1v) is 7.46. The van der Waals surface area contributed by atoms with Crippen LogP contribution in [0.5, 0.6) is 0 Å². The number of nitrogens with zero attached hydrogens (tertiary/aromatic N) is 2. The van der Waals surface area contributed by atoms with Gasteiger partial charge in [-0.2, -0.15) is 4.98 Å². The maximum Gasteiger partial charge on any atom is 0.251 e. The Bertz CT molecular complexity index is 666. The monoisotopic (exact) mass is 301 g/mol. The van der Waals surface area contributed by atoms with Crippen LogP contribution in [0.2, 0.25) is 0 Å². The van der Waals surface area contributed by atoms with Gasteiger partial charge in [0.05, 0.1) is 6.54 Å². The fraction of sp³-hybridized carbons (Fsp3) is 0.438. The Morgan fingerprint density at radius 2 is 2.14 bits per heavy atom. The molecule has 6 heteroatoms. The average molecular weight is 301 g/mol. The molecule has 3 rings (SSSR count). The highest BCUT2D eigenvalue weighted by atomic mass is 16.5. The fourth-order valence-electron chi connectivity index (χ4n) is 2.68. The first-order chi connectivity index (χ1) is 10.8. The molecule has 1 aromatic heterocycles. The first-order valence-electron chi connectivity index (χ1n) is 7.46. The standard InChI is InChI=1S/C16H19N3O3/c1-21-10-14-18-15(22-19-14)9-17-16(20)13-7-6-11-4-2-3-5-12(11)8-13/h6-8H,2-5,9-10H2,1H3,(H,17,20). The molecule has 1 heterocycles. The van der Waals surface area contributed by atoms with E-state index in [1.807, 2.05) is 12.1 Å². The number of carbonyl (C=O) groups excluding carboxylic acids is 1. The Labute approximate surface area is 128 Å². The summed E-state index contributed by atoms with van der Waals surface area (Å²) in [6, 6.07) is 5.93. The lowest BCUT2D eigenvalue weighted by Crippen LogP contribution is -2.23. The summed E-state index contributed by atoms with van der Waals surface area (Å²) in [7, 11) is 1.56. The number of aromatic nitrogens is 2. The molecule has 0 bridgehead atoms. The van der Waals surface area contributed by atoms with E-state index in [2.05, 4.69) is 21.5 Å². The van der Waals surface area contributed by atoms with Crippen molar-refractivity contribution in [1.29, 1.82) is 0 Å². The van der Waals surface area contributed by atoms with Crippen LogP contribution >= 0.6 is 0 Å². The van der Waals surface area contributed by atoms with Gasteiger partial charge in [0, 0.05) is 12.7 Å². The first kappa shape index (κ1) is 14.7. The van der Waals surface area contributed by atoms with Gasteiger partial charge >= 0.3 is 0 Å². The van der Waals surface area contributed by atoms with Gasteiger partial charge in [-0.1, -0.05) is 11.2 Å². The predicted octanol–water partition coefficient (Wildman–Crippen LogP) is 2.02. The lowest BCUT2D eigenvalue weighted by molar-refractivity contribution is 0.0946. The van der Waals surface area contributed by atoms with Crippen LogP contribution in [0.1, 0.15) is 46.0 Å². The van der Waals surface area contributed by atoms with Crippen LogP contribution in [0.4, 0.5) is 0 Å². The van der Waals surface area contributed by atoms with Crippen molar-refractivity contribution in [3.05, 3.63) is 46.6 Å². The molecule has 116 valence electrons. The fourth-order valence-corrected chi connectivity index (χ4v) is 2.68. The molecule has 0 spiro atoms. The van der Waals surface area contributed by atoms with Crippen molar-refractivity contribution in [2.75, 3.05) is 7.11 Å². The van der Waals surface area contributed by atoms with Crippen molar-refractivity contribution in [3.8, 4) is 0 Å². The van der Waals surface area contributed by atoms with Gasteiger partial charge in [0.25, 0.3) is 5.91 Å². The number of fused-ring (bicyclic) bond motifs is 1. The molecule has 0 saturated heterocycles. The summed E-state index contributed by atoms with van der Waals surface area (Å²) in [5, 5.41) is 6.55. The highest BCUT2D eigenvalue weighted by molar-refractivity contribution is 5.94. The van der Waals surface area contributed by atoms with E-state index in [4.69, 9.17) is 9.26 Å². The van der Waals surface area contributed by atoms with Crippen LogP contribution in [0.15, 0.2) is 22.7 Å². The number of hydrogen-bond donors (Lipinski definition) is 1. The number of benzene rings is 1. The van der Waals surface area contributed by atoms with E-state index in [0.29, 0.717) is 23.9 Å². The zero-order valence-corrected chi connectivity index (χ0v) is 12.6. The lowest BCUT2D eigenvalue weighted by Gasteiger charge is -2.16. The van der Waals surface area contributed by atoms with Crippen LogP contribution < -0.4 is 5.32 Å². The second-order valence-corrected chi connectivity index (χ2v) is 5.41. The number of aryl methyl sites for hydroxylation is 2. The molecule has 1 aliphatic carbocycles. The van der Waals surface area contributed by atoms with Crippen molar-refractivity contribution in [1.82, 2.24) is 15.5 Å². The third-order valence-electron chi connectivity index (χ3n) is 3.79. The van der Waals surface area contributed by atoms with Gasteiger partial charge in [-0.25, -0.2) is 0 Å². The van der Waals surface area contributed by atoms with E-state index in [9.17, 15) is 4.79 Å². The zero-order chi connectivity index (χ0) is 15.4. The minimum Gasteiger partial charge on any atom is -0.377 e. The van der Waals surface area contributed by atoms with Gasteiger partial charge < -0.3 is 14.6 Å². The van der Waals surface area contributed by atoms with Gasteiger partial charge in [-0.3, -0.25) is 4.79 Å². The summed E-state index contributed by atoms with van der Waals surface area (Å²) in [6.07, 6.45) is 4.60. The van der Waals surface area contributed by atoms with E-state index in [1.165, 1.54) is 24.0 Å². The van der Waals surface area contributed by atoms with Gasteiger partial charge in [0.1, 0.15) is 6.61 Å². The molecule has 0 unspecified atom stereocenters. The van der Waals surface area contributed by atoms with Crippen molar-refractivity contribution < 1.29 is 14.1 Å². The molecular weight excluding hydrogens is 282 g/mol. The lowest BCUT2D eigenvalue weighted by atomic mass is 9.90. The largest absolute Gasteiger partial charge is 0.377 e. The molecular formula is C16H19N3O3. The Kier molecular flexibility index (Phi) is 4.48. The van der Waals surface area contributed by atoms with Gasteiger partial charge in [-0.05, 0) is 48.9 Å². The number of amides is 1. The van der Waals surface area contributed by atoms with Crippen LogP contribution in [0.3, 0.4) is 0 Å². The predicted molar refractivity (Wildman–Crippen MR) is 79.3 cm³/mol. The highest BCUT2D eigenvalue weighted by Crippen LogP contribution is 2.22. The second kappa shape index (κ2) is 6.70. The van der Waals surface area contributed by atoms with Crippen LogP contribution in [0.25, 0.3) is 0 Å². The van der Waals surface area contributed by atoms with Crippen LogP contribution in [-0.4, -0.2) is 23.2 Å². The summed E-state index contributed by atoms with van der Waals surface area (Å²) in [6.45, 7) is 0.509. The molecule has 1 aromatic carbocycles. The summed E-state index contributed by atoms with van der Waals surface area (Å²) in [4.78, 5) is 16.3. The number of methoxy groups -OCH3 is 1. The SMILES string of the molecule is COCc1noc(CNC(=O)c2ccc3c(c2)CCCC3)n1. The summed E-state index contributed by atoms with van der Waals surface area (Å²) < 4.78 is 9.95. The minimum atomic E-state index is -0.125. The van der Waals surface area contributed by atoms with Crippen LogP contribution in [0, 0.1) is 0 Å². The average Bonchev–Trinajstić information content (AvgIpc) is 3.00. The number of hydrogen-bond acceptors (Lipinski definition) is 5. The molecule has 0 fully saturated rings. The van der Waals surface area contributed by atoms with Gasteiger partial charge in [-0.15, -0.1) is 0 Å². The summed E-state index contributed by atoms with van der Waals surface area (Å²) in [5.74, 6) is 0.721. The molecule has 0 aliphatic heterocycles. The highest BCUT2D eigenvalue weighted by Gasteiger charge is 2.14. The van der Waals surface area contributed by atoms with E-state index in [1.54, 1.807) is 7.11 Å². The molecule has 1 N–H and O–H groups in total. The summed E-state index contributed by atoms with van der Waals surface area (Å²) in [5.41, 5.74) is 3.33. The van der Waals surface area contributed by atoms with Crippen molar-refractivity contribution in [2.45, 2.75) is 38.8 Å². The Morgan fingerprint density at radius 3 is 2.95 bits per heavy atom. The molecule has 0 atom stereocenters. The second-order valence-electron chi connectivity index (χ2n) is 5.41. The van der Waals surface area contributed by atoms with Gasteiger partial charge in [0.2, 0.25) is 5.89 Å². The molecule has 6 nitrogen and oxygen atoms in total. The van der Waals surface area contributed by atoms with Crippen molar-refractivity contribution in [3.63, 3.8) is 0 Å². The quantitative estimate of drug-likeness (QED) is 0.914. The van der Waals surface area contributed by atoms with E-state index < -0.39 is 0 Å². The third kappa shape index (κ3) is 3.33. The van der Waals surface area contributed by atoms with Crippen molar-refractivity contribution in [2.24, 2.45) is 0 Å². The number of rotatable bonds is 5. The van der Waals surface area contributed by atoms with Crippen molar-refractivity contribution >= 4 is 5.91 Å². The normalized spacial score (nSPS) is 13.7. The molecule has 2 aromatic rings. The van der Waals surface area contributed by atoms with E-state index in [-0.39, 0.29) is 12.5 Å². The number of nitrogens with one attached hydrogen (secondary N) is 1. The van der Waals surface area contributed by atoms with E-state index >= 15 is 0 Å². The maximum absolute atomic E-state index is 12.2. The number of ether oxygens (including phenoxy) is 1. The molecule has 0 saturated carbocycles. The summed E-state index contributed by atoms with van der Waals surface area (Å²) >= 11 is 0. The topological polar surface area (TPSA) is 77.3 Å². The van der Waals surface area contributed by atoms with Gasteiger partial charge in [0.15, 0.2) is 5.82 Å². The number of carbonyl (C=O) groups is 1. The minimum absolute atomic E-state index is 0.125. The Balaban J connectivity index is 1.61. The van der Waals surface area contributed by atoms with Crippen LogP contribution in [-0.2, 0) is 30.7 Å².